The predicted molar refractivity (Wildman–Crippen MR) is 144 cm³/mol. The van der Waals surface area contributed by atoms with E-state index in [-0.39, 0.29) is 11.3 Å². The molecule has 0 saturated carbocycles. The van der Waals surface area contributed by atoms with Crippen LogP contribution in [0.3, 0.4) is 0 Å². The molecule has 2 aromatic carbocycles. The Morgan fingerprint density at radius 2 is 1.82 bits per heavy atom. The van der Waals surface area contributed by atoms with Gasteiger partial charge in [0, 0.05) is 41.2 Å². The number of nitrogens with zero attached hydrogens (tertiary/aromatic N) is 3. The lowest BCUT2D eigenvalue weighted by Crippen LogP contribution is -2.63. The minimum Gasteiger partial charge on any atom is -0.502 e. The highest BCUT2D eigenvalue weighted by Gasteiger charge is 2.50. The van der Waals surface area contributed by atoms with Crippen LogP contribution >= 0.6 is 11.3 Å². The zero-order valence-electron chi connectivity index (χ0n) is 21.0. The lowest BCUT2D eigenvalue weighted by Gasteiger charge is -2.52. The smallest absolute Gasteiger partial charge is 0.280 e. The van der Waals surface area contributed by atoms with Gasteiger partial charge < -0.3 is 10.0 Å². The number of benzene rings is 2. The molecular formula is C30H22F3N3O3S. The first-order valence-corrected chi connectivity index (χ1v) is 14.1. The molecule has 1 saturated heterocycles. The maximum atomic E-state index is 15.7. The van der Waals surface area contributed by atoms with E-state index in [1.165, 1.54) is 28.3 Å². The van der Waals surface area contributed by atoms with Crippen LogP contribution < -0.4 is 10.4 Å². The zero-order valence-corrected chi connectivity index (χ0v) is 21.9. The zero-order chi connectivity index (χ0) is 27.5. The van der Waals surface area contributed by atoms with Crippen LogP contribution in [0.15, 0.2) is 58.8 Å². The second kappa shape index (κ2) is 8.00. The Bertz CT molecular complexity index is 1830. The molecule has 6 nitrogen and oxygen atoms in total. The number of carbonyl (C=O) groups is 1. The quantitative estimate of drug-likeness (QED) is 0.322. The average Bonchev–Trinajstić information content (AvgIpc) is 3.30. The van der Waals surface area contributed by atoms with Crippen molar-refractivity contribution in [1.82, 2.24) is 9.58 Å². The van der Waals surface area contributed by atoms with Crippen LogP contribution in [0.2, 0.25) is 0 Å². The largest absolute Gasteiger partial charge is 0.502 e. The van der Waals surface area contributed by atoms with Gasteiger partial charge >= 0.3 is 0 Å². The van der Waals surface area contributed by atoms with Crippen molar-refractivity contribution in [1.29, 1.82) is 0 Å². The number of hydrogen-bond donors (Lipinski definition) is 1. The van der Waals surface area contributed by atoms with Crippen molar-refractivity contribution < 1.29 is 23.1 Å². The summed E-state index contributed by atoms with van der Waals surface area (Å²) in [4.78, 5) is 28.5. The molecule has 1 N–H and O–H groups in total. The molecule has 1 fully saturated rings. The van der Waals surface area contributed by atoms with Crippen molar-refractivity contribution in [3.05, 3.63) is 98.0 Å². The molecular weight excluding hydrogens is 539 g/mol. The minimum atomic E-state index is -3.41. The Morgan fingerprint density at radius 1 is 1.00 bits per heavy atom. The van der Waals surface area contributed by atoms with E-state index in [1.54, 1.807) is 16.3 Å². The molecule has 2 atom stereocenters. The van der Waals surface area contributed by atoms with E-state index in [0.29, 0.717) is 29.7 Å². The molecule has 8 rings (SSSR count). The summed E-state index contributed by atoms with van der Waals surface area (Å²) in [6.07, 6.45) is 2.59. The van der Waals surface area contributed by atoms with E-state index in [4.69, 9.17) is 0 Å². The van der Waals surface area contributed by atoms with Crippen LogP contribution in [0.5, 0.6) is 5.75 Å². The van der Waals surface area contributed by atoms with Crippen molar-refractivity contribution in [2.45, 2.75) is 43.8 Å². The van der Waals surface area contributed by atoms with Crippen LogP contribution in [0.25, 0.3) is 21.6 Å². The number of alkyl halides is 2. The average molecular weight is 562 g/mol. The summed E-state index contributed by atoms with van der Waals surface area (Å²) in [5.41, 5.74) is 2.00. The number of rotatable bonds is 1. The van der Waals surface area contributed by atoms with Crippen molar-refractivity contribution in [2.24, 2.45) is 0 Å². The second-order valence-electron chi connectivity index (χ2n) is 10.8. The lowest BCUT2D eigenvalue weighted by atomic mass is 9.80. The standard InChI is InChI=1S/C30H22F3N3O3S/c31-19-9-8-18-23-22-15(13-30(32,33)24(19)23)14-40-28(22)17-6-2-1-5-16(17)25(18)36-21-7-3-4-11-34(21)29(39)26-27(38)20(37)10-12-35(26)36/h1-2,5-6,8-10,12,14,21,25,38H,3-4,7,11,13H2/t21-,25-/m1/s1. The topological polar surface area (TPSA) is 65.8 Å². The molecule has 4 heterocycles. The van der Waals surface area contributed by atoms with Gasteiger partial charge in [-0.05, 0) is 53.0 Å². The summed E-state index contributed by atoms with van der Waals surface area (Å²) in [6.45, 7) is 0.425. The third-order valence-corrected chi connectivity index (χ3v) is 9.75. The number of carbonyl (C=O) groups excluding carboxylic acids is 1. The Balaban J connectivity index is 1.51. The second-order valence-corrected chi connectivity index (χ2v) is 11.7. The molecule has 0 bridgehead atoms. The summed E-state index contributed by atoms with van der Waals surface area (Å²) in [7, 11) is 0. The Hall–Kier alpha value is -4.05. The van der Waals surface area contributed by atoms with E-state index >= 15 is 13.2 Å². The molecule has 202 valence electrons. The molecule has 1 amide bonds. The number of thiophene rings is 1. The summed E-state index contributed by atoms with van der Waals surface area (Å²) in [6, 6.07) is 10.8. The molecule has 0 radical (unpaired) electrons. The SMILES string of the molecule is O=C1c2c(O)c(=O)ccn2N([C@@H]2c3ccccc3-c3scc4c3-c3c2ccc(F)c3C(F)(F)C4)[C@@H]2CCCCN12. The molecule has 2 aromatic heterocycles. The van der Waals surface area contributed by atoms with E-state index < -0.39 is 53.0 Å². The summed E-state index contributed by atoms with van der Waals surface area (Å²) in [5.74, 6) is -5.46. The highest BCUT2D eigenvalue weighted by atomic mass is 32.1. The van der Waals surface area contributed by atoms with Gasteiger partial charge in [-0.15, -0.1) is 11.3 Å². The summed E-state index contributed by atoms with van der Waals surface area (Å²) in [5, 5.41) is 14.5. The molecule has 2 aliphatic heterocycles. The number of aromatic hydroxyl groups is 1. The number of hydrogen-bond acceptors (Lipinski definition) is 5. The van der Waals surface area contributed by atoms with E-state index in [1.807, 2.05) is 29.3 Å². The number of pyridine rings is 1. The van der Waals surface area contributed by atoms with Crippen LogP contribution in [0, 0.1) is 5.82 Å². The predicted octanol–water partition coefficient (Wildman–Crippen LogP) is 5.74. The third-order valence-electron chi connectivity index (χ3n) is 8.68. The summed E-state index contributed by atoms with van der Waals surface area (Å²) < 4.78 is 48.2. The number of halogens is 3. The van der Waals surface area contributed by atoms with Gasteiger partial charge in [-0.2, -0.15) is 0 Å². The van der Waals surface area contributed by atoms with Crippen LogP contribution in [0.4, 0.5) is 13.2 Å². The number of fused-ring (bicyclic) bond motifs is 4. The fraction of sp³-hybridized carbons (Fsp3) is 0.267. The molecule has 0 unspecified atom stereocenters. The van der Waals surface area contributed by atoms with Gasteiger partial charge in [0.15, 0.2) is 11.4 Å². The molecule has 4 aliphatic rings. The highest BCUT2D eigenvalue weighted by molar-refractivity contribution is 7.14. The fourth-order valence-corrected chi connectivity index (χ4v) is 8.20. The van der Waals surface area contributed by atoms with Gasteiger partial charge in [0.05, 0.1) is 11.6 Å². The highest BCUT2D eigenvalue weighted by Crippen LogP contribution is 2.58. The van der Waals surface area contributed by atoms with Gasteiger partial charge in [0.1, 0.15) is 12.0 Å². The fourth-order valence-electron chi connectivity index (χ4n) is 7.08. The van der Waals surface area contributed by atoms with Gasteiger partial charge in [-0.3, -0.25) is 19.3 Å². The Kier molecular flexibility index (Phi) is 4.76. The van der Waals surface area contributed by atoms with Gasteiger partial charge in [0.25, 0.3) is 11.8 Å². The van der Waals surface area contributed by atoms with E-state index in [9.17, 15) is 14.7 Å². The first kappa shape index (κ1) is 23.8. The number of aromatic nitrogens is 1. The molecule has 2 aliphatic carbocycles. The molecule has 4 aromatic rings. The van der Waals surface area contributed by atoms with Crippen molar-refractivity contribution in [3.8, 4) is 27.3 Å². The monoisotopic (exact) mass is 561 g/mol. The molecule has 10 heteroatoms. The van der Waals surface area contributed by atoms with Crippen molar-refractivity contribution in [2.75, 3.05) is 11.6 Å². The van der Waals surface area contributed by atoms with Gasteiger partial charge in [0.2, 0.25) is 5.43 Å². The first-order valence-electron chi connectivity index (χ1n) is 13.2. The maximum Gasteiger partial charge on any atom is 0.280 e. The maximum absolute atomic E-state index is 15.7. The van der Waals surface area contributed by atoms with E-state index in [2.05, 4.69) is 0 Å². The first-order chi connectivity index (χ1) is 19.3. The number of amides is 1. The lowest BCUT2D eigenvalue weighted by molar-refractivity contribution is -0.00825. The Labute approximate surface area is 230 Å². The van der Waals surface area contributed by atoms with Crippen LogP contribution in [-0.4, -0.2) is 33.3 Å². The Morgan fingerprint density at radius 3 is 2.67 bits per heavy atom. The van der Waals surface area contributed by atoms with Crippen LogP contribution in [0.1, 0.15) is 58.0 Å². The van der Waals surface area contributed by atoms with Gasteiger partial charge in [-0.1, -0.05) is 30.3 Å². The number of piperidine rings is 1. The van der Waals surface area contributed by atoms with E-state index in [0.717, 1.165) is 34.9 Å². The third kappa shape index (κ3) is 2.94. The minimum absolute atomic E-state index is 0.163. The van der Waals surface area contributed by atoms with Crippen molar-refractivity contribution in [3.63, 3.8) is 0 Å². The van der Waals surface area contributed by atoms with Gasteiger partial charge in [-0.25, -0.2) is 13.2 Å². The molecule has 0 spiro atoms. The molecule has 40 heavy (non-hydrogen) atoms. The summed E-state index contributed by atoms with van der Waals surface area (Å²) >= 11 is 1.37. The van der Waals surface area contributed by atoms with Crippen molar-refractivity contribution >= 4 is 17.2 Å². The van der Waals surface area contributed by atoms with Crippen LogP contribution in [-0.2, 0) is 12.3 Å². The normalized spacial score (nSPS) is 21.7.